The molecule has 0 aromatic carbocycles. The molecule has 0 radical (unpaired) electrons. The van der Waals surface area contributed by atoms with Gasteiger partial charge in [0, 0.05) is 15.9 Å². The summed E-state index contributed by atoms with van der Waals surface area (Å²) in [6, 6.07) is 0. The van der Waals surface area contributed by atoms with Gasteiger partial charge in [-0.1, -0.05) is 0 Å². The van der Waals surface area contributed by atoms with Crippen LogP contribution >= 0.6 is 15.9 Å². The molecule has 0 aromatic rings. The van der Waals surface area contributed by atoms with Gasteiger partial charge in [-0.05, 0) is 19.3 Å². The molecule has 1 N–H and O–H groups in total. The van der Waals surface area contributed by atoms with E-state index in [0.29, 0.717) is 0 Å². The van der Waals surface area contributed by atoms with E-state index in [9.17, 15) is 27.2 Å². The first kappa shape index (κ1) is 15.2. The second kappa shape index (κ2) is 5.02. The highest BCUT2D eigenvalue weighted by Crippen LogP contribution is 2.42. The number of carboxylic acids is 1. The molecule has 0 aromatic heterocycles. The molecule has 1 aliphatic rings. The zero-order valence-electron chi connectivity index (χ0n) is 8.84. The van der Waals surface area contributed by atoms with Crippen molar-refractivity contribution >= 4 is 27.9 Å². The Bertz CT molecular complexity index is 355. The zero-order chi connectivity index (χ0) is 14.1. The lowest BCUT2D eigenvalue weighted by atomic mass is 10.1. The molecule has 1 fully saturated rings. The molecule has 0 saturated heterocycles. The number of rotatable bonds is 4. The van der Waals surface area contributed by atoms with Crippen LogP contribution in [0.15, 0.2) is 0 Å². The topological polar surface area (TPSA) is 63.6 Å². The summed E-state index contributed by atoms with van der Waals surface area (Å²) in [6.07, 6.45) is -4.99. The number of esters is 1. The van der Waals surface area contributed by atoms with Crippen LogP contribution in [0.4, 0.5) is 17.6 Å². The fraction of sp³-hybridized carbons (Fsp3) is 0.778. The van der Waals surface area contributed by atoms with Gasteiger partial charge in [-0.2, -0.15) is 17.6 Å². The molecule has 18 heavy (non-hydrogen) atoms. The molecule has 104 valence electrons. The van der Waals surface area contributed by atoms with E-state index >= 15 is 0 Å². The third-order valence-electron chi connectivity index (χ3n) is 2.67. The number of ether oxygens (including phenoxy) is 1. The SMILES string of the molecule is O=C(O)C1CCC(C(=O)OC(F)(F)C(F)(F)Br)C1. The van der Waals surface area contributed by atoms with Crippen molar-refractivity contribution in [3.05, 3.63) is 0 Å². The smallest absolute Gasteiger partial charge is 0.477 e. The molecular weight excluding hydrogens is 328 g/mol. The summed E-state index contributed by atoms with van der Waals surface area (Å²) in [5.74, 6) is -4.58. The molecule has 4 nitrogen and oxygen atoms in total. The highest BCUT2D eigenvalue weighted by Gasteiger charge is 2.59. The number of carbonyl (C=O) groups is 2. The molecule has 0 amide bonds. The molecule has 0 heterocycles. The molecule has 9 heteroatoms. The van der Waals surface area contributed by atoms with Gasteiger partial charge < -0.3 is 9.84 Å². The van der Waals surface area contributed by atoms with E-state index in [2.05, 4.69) is 4.74 Å². The van der Waals surface area contributed by atoms with Crippen LogP contribution in [0.3, 0.4) is 0 Å². The summed E-state index contributed by atoms with van der Waals surface area (Å²) in [5, 5.41) is 8.65. The van der Waals surface area contributed by atoms with E-state index in [1.807, 2.05) is 0 Å². The second-order valence-corrected chi connectivity index (χ2v) is 4.98. The fourth-order valence-electron chi connectivity index (χ4n) is 1.69. The minimum Gasteiger partial charge on any atom is -0.481 e. The maximum Gasteiger partial charge on any atom is 0.477 e. The molecule has 2 atom stereocenters. The highest BCUT2D eigenvalue weighted by atomic mass is 79.9. The fourth-order valence-corrected chi connectivity index (χ4v) is 1.77. The average molecular weight is 337 g/mol. The third-order valence-corrected chi connectivity index (χ3v) is 3.14. The Balaban J connectivity index is 2.60. The Labute approximate surface area is 107 Å². The number of hydrogen-bond acceptors (Lipinski definition) is 3. The van der Waals surface area contributed by atoms with Crippen molar-refractivity contribution in [2.24, 2.45) is 11.8 Å². The predicted molar refractivity (Wildman–Crippen MR) is 53.4 cm³/mol. The zero-order valence-corrected chi connectivity index (χ0v) is 10.4. The molecule has 1 saturated carbocycles. The number of aliphatic carboxylic acids is 1. The van der Waals surface area contributed by atoms with E-state index in [-0.39, 0.29) is 19.3 Å². The first-order chi connectivity index (χ1) is 8.04. The molecule has 1 aliphatic carbocycles. The van der Waals surface area contributed by atoms with Gasteiger partial charge in [-0.15, -0.1) is 0 Å². The van der Waals surface area contributed by atoms with Crippen LogP contribution in [0.2, 0.25) is 0 Å². The first-order valence-corrected chi connectivity index (χ1v) is 5.74. The van der Waals surface area contributed by atoms with Crippen LogP contribution in [0, 0.1) is 11.8 Å². The predicted octanol–water partition coefficient (Wildman–Crippen LogP) is 2.61. The second-order valence-electron chi connectivity index (χ2n) is 3.98. The van der Waals surface area contributed by atoms with Crippen LogP contribution in [0.1, 0.15) is 19.3 Å². The third kappa shape index (κ3) is 3.33. The van der Waals surface area contributed by atoms with E-state index < -0.39 is 34.7 Å². The number of halogens is 5. The number of carbonyl (C=O) groups excluding carboxylic acids is 1. The monoisotopic (exact) mass is 336 g/mol. The van der Waals surface area contributed by atoms with Crippen LogP contribution in [0.5, 0.6) is 0 Å². The maximum atomic E-state index is 12.7. The van der Waals surface area contributed by atoms with Gasteiger partial charge in [0.25, 0.3) is 0 Å². The van der Waals surface area contributed by atoms with E-state index in [1.165, 1.54) is 15.9 Å². The average Bonchev–Trinajstić information content (AvgIpc) is 2.63. The Morgan fingerprint density at radius 3 is 2.06 bits per heavy atom. The van der Waals surface area contributed by atoms with Gasteiger partial charge in [-0.25, -0.2) is 0 Å². The molecule has 2 unspecified atom stereocenters. The van der Waals surface area contributed by atoms with Crippen LogP contribution in [0.25, 0.3) is 0 Å². The lowest BCUT2D eigenvalue weighted by molar-refractivity contribution is -0.297. The van der Waals surface area contributed by atoms with Crippen molar-refractivity contribution in [2.45, 2.75) is 30.2 Å². The van der Waals surface area contributed by atoms with Crippen molar-refractivity contribution in [3.63, 3.8) is 0 Å². The Kier molecular flexibility index (Phi) is 4.24. The lowest BCUT2D eigenvalue weighted by Crippen LogP contribution is -2.41. The quantitative estimate of drug-likeness (QED) is 0.487. The maximum absolute atomic E-state index is 12.7. The van der Waals surface area contributed by atoms with Gasteiger partial charge in [-0.3, -0.25) is 9.59 Å². The normalized spacial score (nSPS) is 24.9. The van der Waals surface area contributed by atoms with Crippen LogP contribution in [-0.4, -0.2) is 28.0 Å². The minimum atomic E-state index is -4.97. The van der Waals surface area contributed by atoms with Gasteiger partial charge in [0.05, 0.1) is 11.8 Å². The molecule has 0 spiro atoms. The standard InChI is InChI=1S/C9H9BrF4O4/c10-8(11,12)9(13,14)18-7(17)5-2-1-4(3-5)6(15)16/h4-5H,1-3H2,(H,15,16). The Morgan fingerprint density at radius 1 is 1.17 bits per heavy atom. The minimum absolute atomic E-state index is 0.0275. The summed E-state index contributed by atoms with van der Waals surface area (Å²) >= 11 is 1.42. The van der Waals surface area contributed by atoms with Gasteiger partial charge in [0.1, 0.15) is 0 Å². The van der Waals surface area contributed by atoms with Crippen molar-refractivity contribution in [3.8, 4) is 0 Å². The van der Waals surface area contributed by atoms with Gasteiger partial charge >= 0.3 is 22.9 Å². The van der Waals surface area contributed by atoms with Crippen molar-refractivity contribution < 1.29 is 37.0 Å². The van der Waals surface area contributed by atoms with Crippen molar-refractivity contribution in [2.75, 3.05) is 0 Å². The molecule has 0 aliphatic heterocycles. The first-order valence-electron chi connectivity index (χ1n) is 4.95. The molecule has 0 bridgehead atoms. The van der Waals surface area contributed by atoms with Crippen molar-refractivity contribution in [1.29, 1.82) is 0 Å². The summed E-state index contributed by atoms with van der Waals surface area (Å²) in [4.78, 5) is 17.1. The van der Waals surface area contributed by atoms with Crippen LogP contribution < -0.4 is 0 Å². The molecule has 1 rings (SSSR count). The Morgan fingerprint density at radius 2 is 1.67 bits per heavy atom. The van der Waals surface area contributed by atoms with E-state index in [0.717, 1.165) is 0 Å². The van der Waals surface area contributed by atoms with E-state index in [1.54, 1.807) is 0 Å². The number of alkyl halides is 5. The Hall–Kier alpha value is -0.860. The van der Waals surface area contributed by atoms with Crippen molar-refractivity contribution in [1.82, 2.24) is 0 Å². The lowest BCUT2D eigenvalue weighted by Gasteiger charge is -2.22. The summed E-state index contributed by atoms with van der Waals surface area (Å²) < 4.78 is 53.6. The number of hydrogen-bond donors (Lipinski definition) is 1. The summed E-state index contributed by atoms with van der Waals surface area (Å²) in [6.45, 7) is 0. The molecular formula is C9H9BrF4O4. The van der Waals surface area contributed by atoms with Crippen LogP contribution in [-0.2, 0) is 14.3 Å². The van der Waals surface area contributed by atoms with E-state index in [4.69, 9.17) is 5.11 Å². The number of carboxylic acid groups (broad SMARTS) is 1. The summed E-state index contributed by atoms with van der Waals surface area (Å²) in [7, 11) is 0. The van der Waals surface area contributed by atoms with Gasteiger partial charge in [0.15, 0.2) is 0 Å². The van der Waals surface area contributed by atoms with Gasteiger partial charge in [0.2, 0.25) is 0 Å². The summed E-state index contributed by atoms with van der Waals surface area (Å²) in [5.41, 5.74) is 0. The highest BCUT2D eigenvalue weighted by molar-refractivity contribution is 9.10. The largest absolute Gasteiger partial charge is 0.481 e.